The molecule has 106 valence electrons. The Balaban J connectivity index is 1.96. The molecule has 1 rings (SSSR count). The molecule has 0 bridgehead atoms. The van der Waals surface area contributed by atoms with E-state index in [0.717, 1.165) is 25.6 Å². The first-order valence-corrected chi connectivity index (χ1v) is 7.72. The Morgan fingerprint density at radius 2 is 1.83 bits per heavy atom. The number of rotatable bonds is 8. The number of carbonyl (C=O) groups excluding carboxylic acids is 1. The molecule has 1 heterocycles. The van der Waals surface area contributed by atoms with Gasteiger partial charge in [0.05, 0.1) is 6.54 Å². The Labute approximate surface area is 112 Å². The lowest BCUT2D eigenvalue weighted by Crippen LogP contribution is -2.42. The lowest BCUT2D eigenvalue weighted by atomic mass is 9.99. The summed E-state index contributed by atoms with van der Waals surface area (Å²) in [5, 5.41) is 3.28. The van der Waals surface area contributed by atoms with Crippen LogP contribution in [0.2, 0.25) is 0 Å². The van der Waals surface area contributed by atoms with Gasteiger partial charge in [0.1, 0.15) is 0 Å². The van der Waals surface area contributed by atoms with Crippen LogP contribution < -0.4 is 5.32 Å². The highest BCUT2D eigenvalue weighted by Crippen LogP contribution is 2.15. The zero-order valence-corrected chi connectivity index (χ0v) is 12.2. The van der Waals surface area contributed by atoms with E-state index < -0.39 is 0 Å². The molecule has 1 N–H and O–H groups in total. The van der Waals surface area contributed by atoms with E-state index in [4.69, 9.17) is 0 Å². The standard InChI is InChI=1S/C15H30N2O/c1-3-4-5-6-7-10-16-13-15(18)17-11-8-14(2)9-12-17/h14,16H,3-13H2,1-2H3. The topological polar surface area (TPSA) is 32.3 Å². The number of unbranched alkanes of at least 4 members (excludes halogenated alkanes) is 4. The molecule has 0 saturated carbocycles. The van der Waals surface area contributed by atoms with Gasteiger partial charge in [-0.25, -0.2) is 0 Å². The third-order valence-corrected chi connectivity index (χ3v) is 3.87. The van der Waals surface area contributed by atoms with Gasteiger partial charge >= 0.3 is 0 Å². The second kappa shape index (κ2) is 9.37. The van der Waals surface area contributed by atoms with E-state index in [2.05, 4.69) is 19.2 Å². The van der Waals surface area contributed by atoms with Crippen molar-refractivity contribution in [2.45, 2.75) is 58.8 Å². The molecule has 1 fully saturated rings. The molecule has 0 spiro atoms. The van der Waals surface area contributed by atoms with E-state index in [1.807, 2.05) is 4.90 Å². The van der Waals surface area contributed by atoms with Crippen LogP contribution in [0.5, 0.6) is 0 Å². The molecule has 0 radical (unpaired) electrons. The van der Waals surface area contributed by atoms with Gasteiger partial charge < -0.3 is 10.2 Å². The predicted molar refractivity (Wildman–Crippen MR) is 76.6 cm³/mol. The van der Waals surface area contributed by atoms with Crippen LogP contribution >= 0.6 is 0 Å². The number of likely N-dealkylation sites (tertiary alicyclic amines) is 1. The molecule has 0 aliphatic carbocycles. The minimum Gasteiger partial charge on any atom is -0.342 e. The van der Waals surface area contributed by atoms with Gasteiger partial charge in [0.15, 0.2) is 0 Å². The number of piperidine rings is 1. The van der Waals surface area contributed by atoms with Crippen LogP contribution in [0.25, 0.3) is 0 Å². The van der Waals surface area contributed by atoms with Gasteiger partial charge in [-0.1, -0.05) is 39.5 Å². The van der Waals surface area contributed by atoms with E-state index in [1.165, 1.54) is 44.9 Å². The normalized spacial score (nSPS) is 17.1. The second-order valence-corrected chi connectivity index (χ2v) is 5.65. The molecular formula is C15H30N2O. The molecule has 0 atom stereocenters. The number of nitrogens with zero attached hydrogens (tertiary/aromatic N) is 1. The summed E-state index contributed by atoms with van der Waals surface area (Å²) >= 11 is 0. The van der Waals surface area contributed by atoms with Crippen molar-refractivity contribution in [3.05, 3.63) is 0 Å². The number of hydrogen-bond donors (Lipinski definition) is 1. The lowest BCUT2D eigenvalue weighted by molar-refractivity contribution is -0.131. The van der Waals surface area contributed by atoms with Gasteiger partial charge in [0.25, 0.3) is 0 Å². The summed E-state index contributed by atoms with van der Waals surface area (Å²) < 4.78 is 0. The second-order valence-electron chi connectivity index (χ2n) is 5.65. The van der Waals surface area contributed by atoms with Crippen LogP contribution in [0.3, 0.4) is 0 Å². The Bertz CT molecular complexity index is 223. The molecule has 1 aliphatic heterocycles. The lowest BCUT2D eigenvalue weighted by Gasteiger charge is -2.30. The summed E-state index contributed by atoms with van der Waals surface area (Å²) in [6.07, 6.45) is 8.78. The first-order chi connectivity index (χ1) is 8.74. The summed E-state index contributed by atoms with van der Waals surface area (Å²) in [5.41, 5.74) is 0. The first kappa shape index (κ1) is 15.5. The van der Waals surface area contributed by atoms with E-state index >= 15 is 0 Å². The zero-order chi connectivity index (χ0) is 13.2. The molecule has 0 aromatic carbocycles. The van der Waals surface area contributed by atoms with Crippen molar-refractivity contribution < 1.29 is 4.79 Å². The number of amides is 1. The molecule has 0 unspecified atom stereocenters. The molecule has 18 heavy (non-hydrogen) atoms. The van der Waals surface area contributed by atoms with Gasteiger partial charge in [0, 0.05) is 13.1 Å². The fourth-order valence-electron chi connectivity index (χ4n) is 2.42. The molecule has 3 nitrogen and oxygen atoms in total. The smallest absolute Gasteiger partial charge is 0.236 e. The van der Waals surface area contributed by atoms with Gasteiger partial charge in [-0.05, 0) is 31.7 Å². The Morgan fingerprint density at radius 1 is 1.17 bits per heavy atom. The van der Waals surface area contributed by atoms with Crippen molar-refractivity contribution in [3.63, 3.8) is 0 Å². The number of nitrogens with one attached hydrogen (secondary N) is 1. The van der Waals surface area contributed by atoms with Crippen molar-refractivity contribution >= 4 is 5.91 Å². The molecule has 3 heteroatoms. The Morgan fingerprint density at radius 3 is 2.50 bits per heavy atom. The molecule has 1 aliphatic rings. The van der Waals surface area contributed by atoms with Crippen LogP contribution in [0, 0.1) is 5.92 Å². The van der Waals surface area contributed by atoms with Crippen molar-refractivity contribution in [2.24, 2.45) is 5.92 Å². The van der Waals surface area contributed by atoms with Crippen LogP contribution in [0.1, 0.15) is 58.8 Å². The fourth-order valence-corrected chi connectivity index (χ4v) is 2.42. The molecule has 1 saturated heterocycles. The summed E-state index contributed by atoms with van der Waals surface area (Å²) in [7, 11) is 0. The van der Waals surface area contributed by atoms with Crippen LogP contribution in [-0.4, -0.2) is 37.0 Å². The van der Waals surface area contributed by atoms with Crippen molar-refractivity contribution in [3.8, 4) is 0 Å². The van der Waals surface area contributed by atoms with Gasteiger partial charge in [-0.2, -0.15) is 0 Å². The van der Waals surface area contributed by atoms with Gasteiger partial charge in [0.2, 0.25) is 5.91 Å². The maximum absolute atomic E-state index is 11.9. The average Bonchev–Trinajstić information content (AvgIpc) is 2.38. The maximum Gasteiger partial charge on any atom is 0.236 e. The fraction of sp³-hybridized carbons (Fsp3) is 0.933. The first-order valence-electron chi connectivity index (χ1n) is 7.72. The van der Waals surface area contributed by atoms with E-state index in [-0.39, 0.29) is 5.91 Å². The summed E-state index contributed by atoms with van der Waals surface area (Å²) in [4.78, 5) is 13.9. The highest BCUT2D eigenvalue weighted by atomic mass is 16.2. The summed E-state index contributed by atoms with van der Waals surface area (Å²) in [6, 6.07) is 0. The van der Waals surface area contributed by atoms with Gasteiger partial charge in [-0.3, -0.25) is 4.79 Å². The van der Waals surface area contributed by atoms with E-state index in [1.54, 1.807) is 0 Å². The quantitative estimate of drug-likeness (QED) is 0.676. The molecular weight excluding hydrogens is 224 g/mol. The Kier molecular flexibility index (Phi) is 8.06. The Hall–Kier alpha value is -0.570. The van der Waals surface area contributed by atoms with Crippen LogP contribution in [-0.2, 0) is 4.79 Å². The van der Waals surface area contributed by atoms with Crippen LogP contribution in [0.15, 0.2) is 0 Å². The van der Waals surface area contributed by atoms with Gasteiger partial charge in [-0.15, -0.1) is 0 Å². The number of hydrogen-bond acceptors (Lipinski definition) is 2. The van der Waals surface area contributed by atoms with E-state index in [0.29, 0.717) is 6.54 Å². The summed E-state index contributed by atoms with van der Waals surface area (Å²) in [6.45, 7) is 7.94. The molecule has 0 aromatic rings. The predicted octanol–water partition coefficient (Wildman–Crippen LogP) is 2.80. The van der Waals surface area contributed by atoms with Crippen molar-refractivity contribution in [2.75, 3.05) is 26.2 Å². The largest absolute Gasteiger partial charge is 0.342 e. The third-order valence-electron chi connectivity index (χ3n) is 3.87. The zero-order valence-electron chi connectivity index (χ0n) is 12.2. The maximum atomic E-state index is 11.9. The van der Waals surface area contributed by atoms with Crippen LogP contribution in [0.4, 0.5) is 0 Å². The highest BCUT2D eigenvalue weighted by molar-refractivity contribution is 5.78. The number of carbonyl (C=O) groups is 1. The van der Waals surface area contributed by atoms with Crippen molar-refractivity contribution in [1.29, 1.82) is 0 Å². The molecule has 1 amide bonds. The minimum atomic E-state index is 0.287. The monoisotopic (exact) mass is 254 g/mol. The average molecular weight is 254 g/mol. The minimum absolute atomic E-state index is 0.287. The summed E-state index contributed by atoms with van der Waals surface area (Å²) in [5.74, 6) is 1.08. The third kappa shape index (κ3) is 6.39. The van der Waals surface area contributed by atoms with E-state index in [9.17, 15) is 4.79 Å². The highest BCUT2D eigenvalue weighted by Gasteiger charge is 2.19. The SMILES string of the molecule is CCCCCCCNCC(=O)N1CCC(C)CC1. The molecule has 0 aromatic heterocycles. The van der Waals surface area contributed by atoms with Crippen molar-refractivity contribution in [1.82, 2.24) is 10.2 Å².